The van der Waals surface area contributed by atoms with E-state index in [1.165, 1.54) is 0 Å². The predicted molar refractivity (Wildman–Crippen MR) is 78.4 cm³/mol. The molecule has 0 aliphatic heterocycles. The lowest BCUT2D eigenvalue weighted by molar-refractivity contribution is 0.0842. The molecular formula is C13H22N2O4Si. The first-order valence-electron chi connectivity index (χ1n) is 6.67. The van der Waals surface area contributed by atoms with Crippen LogP contribution in [0, 0.1) is 0 Å². The van der Waals surface area contributed by atoms with Crippen LogP contribution >= 0.6 is 0 Å². The van der Waals surface area contributed by atoms with Gasteiger partial charge in [0.15, 0.2) is 0 Å². The molecule has 0 bridgehead atoms. The number of carbonyl (C=O) groups is 1. The molecule has 3 N–H and O–H groups in total. The van der Waals surface area contributed by atoms with Gasteiger partial charge in [-0.05, 0) is 26.8 Å². The average Bonchev–Trinajstić information content (AvgIpc) is 2.47. The average molecular weight is 298 g/mol. The number of carbonyl (C=O) groups excluding carboxylic acids is 1. The second-order valence-corrected chi connectivity index (χ2v) is 6.39. The Bertz CT molecular complexity index is 425. The minimum atomic E-state index is -3.11. The molecule has 6 nitrogen and oxygen atoms in total. The van der Waals surface area contributed by atoms with Crippen molar-refractivity contribution in [2.24, 2.45) is 5.84 Å². The number of hydrazine groups is 1. The fourth-order valence-electron chi connectivity index (χ4n) is 1.95. The Balaban J connectivity index is 3.35. The summed E-state index contributed by atoms with van der Waals surface area (Å²) in [4.78, 5) is 11.9. The zero-order chi connectivity index (χ0) is 15.0. The molecule has 0 aliphatic carbocycles. The van der Waals surface area contributed by atoms with Crippen molar-refractivity contribution in [1.29, 1.82) is 0 Å². The van der Waals surface area contributed by atoms with Crippen molar-refractivity contribution < 1.29 is 18.1 Å². The van der Waals surface area contributed by atoms with E-state index < -0.39 is 14.7 Å². The lowest BCUT2D eigenvalue weighted by Crippen LogP contribution is -2.59. The van der Waals surface area contributed by atoms with E-state index in [0.717, 1.165) is 0 Å². The van der Waals surface area contributed by atoms with Crippen molar-refractivity contribution in [2.75, 3.05) is 19.8 Å². The van der Waals surface area contributed by atoms with Gasteiger partial charge in [0.05, 0.1) is 0 Å². The molecule has 0 fully saturated rings. The van der Waals surface area contributed by atoms with Crippen LogP contribution in [0.2, 0.25) is 0 Å². The van der Waals surface area contributed by atoms with Gasteiger partial charge >= 0.3 is 8.80 Å². The van der Waals surface area contributed by atoms with Crippen molar-refractivity contribution in [2.45, 2.75) is 20.8 Å². The Hall–Kier alpha value is -1.25. The summed E-state index contributed by atoms with van der Waals surface area (Å²) in [6, 6.07) is 7.05. The van der Waals surface area contributed by atoms with E-state index in [1.807, 2.05) is 26.8 Å². The summed E-state index contributed by atoms with van der Waals surface area (Å²) in [7, 11) is -3.11. The van der Waals surface area contributed by atoms with Gasteiger partial charge in [-0.1, -0.05) is 18.2 Å². The standard InChI is InChI=1S/C13H22N2O4Si/c1-4-17-20(18-5-2,19-6-3)12-10-8-7-9-11(12)13(16)15-14/h7-10H,4-6,14H2,1-3H3,(H,15,16). The topological polar surface area (TPSA) is 82.8 Å². The normalized spacial score (nSPS) is 11.4. The zero-order valence-corrected chi connectivity index (χ0v) is 13.1. The van der Waals surface area contributed by atoms with Crippen molar-refractivity contribution in [3.63, 3.8) is 0 Å². The third-order valence-corrected chi connectivity index (χ3v) is 5.74. The molecule has 1 amide bonds. The number of hydrogen-bond donors (Lipinski definition) is 2. The molecular weight excluding hydrogens is 276 g/mol. The van der Waals surface area contributed by atoms with Crippen LogP contribution in [-0.4, -0.2) is 34.5 Å². The molecule has 0 unspecified atom stereocenters. The molecule has 0 heterocycles. The van der Waals surface area contributed by atoms with E-state index in [2.05, 4.69) is 5.43 Å². The van der Waals surface area contributed by atoms with E-state index in [-0.39, 0.29) is 0 Å². The molecule has 7 heteroatoms. The first-order valence-corrected chi connectivity index (χ1v) is 8.39. The van der Waals surface area contributed by atoms with E-state index in [0.29, 0.717) is 30.6 Å². The van der Waals surface area contributed by atoms with Gasteiger partial charge in [0, 0.05) is 30.6 Å². The molecule has 20 heavy (non-hydrogen) atoms. The third kappa shape index (κ3) is 3.65. The van der Waals surface area contributed by atoms with Crippen LogP contribution in [0.25, 0.3) is 0 Å². The monoisotopic (exact) mass is 298 g/mol. The summed E-state index contributed by atoms with van der Waals surface area (Å²) in [6.07, 6.45) is 0. The molecule has 0 aromatic heterocycles. The molecule has 0 saturated carbocycles. The summed E-state index contributed by atoms with van der Waals surface area (Å²) in [6.45, 7) is 6.91. The maximum absolute atomic E-state index is 11.9. The van der Waals surface area contributed by atoms with Crippen LogP contribution in [0.3, 0.4) is 0 Å². The van der Waals surface area contributed by atoms with Gasteiger partial charge in [-0.15, -0.1) is 0 Å². The van der Waals surface area contributed by atoms with E-state index in [4.69, 9.17) is 19.1 Å². The molecule has 0 radical (unpaired) electrons. The van der Waals surface area contributed by atoms with Crippen molar-refractivity contribution in [1.82, 2.24) is 5.43 Å². The maximum atomic E-state index is 11.9. The molecule has 0 aliphatic rings. The Labute approximate surface area is 120 Å². The van der Waals surface area contributed by atoms with Crippen LogP contribution in [0.4, 0.5) is 0 Å². The number of benzene rings is 1. The Kier molecular flexibility index (Phi) is 6.83. The fraction of sp³-hybridized carbons (Fsp3) is 0.462. The second-order valence-electron chi connectivity index (χ2n) is 3.87. The summed E-state index contributed by atoms with van der Waals surface area (Å²) < 4.78 is 17.4. The smallest absolute Gasteiger partial charge is 0.370 e. The molecule has 1 aromatic rings. The number of hydrogen-bond acceptors (Lipinski definition) is 5. The number of nitrogen functional groups attached to an aromatic ring is 1. The highest BCUT2D eigenvalue weighted by atomic mass is 28.4. The van der Waals surface area contributed by atoms with Gasteiger partial charge < -0.3 is 13.3 Å². The highest BCUT2D eigenvalue weighted by molar-refractivity contribution is 6.76. The minimum absolute atomic E-state index is 0.392. The second kappa shape index (κ2) is 8.13. The van der Waals surface area contributed by atoms with Gasteiger partial charge in [0.25, 0.3) is 5.91 Å². The number of rotatable bonds is 8. The van der Waals surface area contributed by atoms with Gasteiger partial charge in [-0.2, -0.15) is 0 Å². The summed E-state index contributed by atoms with van der Waals surface area (Å²) >= 11 is 0. The highest BCUT2D eigenvalue weighted by Gasteiger charge is 2.45. The van der Waals surface area contributed by atoms with E-state index in [9.17, 15) is 4.79 Å². The maximum Gasteiger partial charge on any atom is 0.538 e. The van der Waals surface area contributed by atoms with Gasteiger partial charge in [-0.25, -0.2) is 5.84 Å². The highest BCUT2D eigenvalue weighted by Crippen LogP contribution is 2.13. The summed E-state index contributed by atoms with van der Waals surface area (Å²) in [5, 5.41) is 0.633. The molecule has 112 valence electrons. The fourth-order valence-corrected chi connectivity index (χ4v) is 4.64. The van der Waals surface area contributed by atoms with E-state index >= 15 is 0 Å². The number of nitrogens with two attached hydrogens (primary N) is 1. The number of amides is 1. The van der Waals surface area contributed by atoms with Crippen molar-refractivity contribution in [3.8, 4) is 0 Å². The van der Waals surface area contributed by atoms with Crippen molar-refractivity contribution in [3.05, 3.63) is 29.8 Å². The van der Waals surface area contributed by atoms with E-state index in [1.54, 1.807) is 18.2 Å². The largest absolute Gasteiger partial charge is 0.538 e. The predicted octanol–water partition coefficient (Wildman–Crippen LogP) is 0.546. The summed E-state index contributed by atoms with van der Waals surface area (Å²) in [5.74, 6) is 4.84. The lowest BCUT2D eigenvalue weighted by atomic mass is 10.2. The molecule has 0 atom stereocenters. The first kappa shape index (κ1) is 16.8. The molecule has 0 spiro atoms. The van der Waals surface area contributed by atoms with Crippen LogP contribution in [0.5, 0.6) is 0 Å². The summed E-state index contributed by atoms with van der Waals surface area (Å²) in [5.41, 5.74) is 2.55. The Morgan fingerprint density at radius 3 is 2.05 bits per heavy atom. The first-order chi connectivity index (χ1) is 9.65. The third-order valence-electron chi connectivity index (χ3n) is 2.64. The quantitative estimate of drug-likeness (QED) is 0.317. The number of nitrogens with one attached hydrogen (secondary N) is 1. The van der Waals surface area contributed by atoms with Crippen LogP contribution in [0.1, 0.15) is 31.1 Å². The SMILES string of the molecule is CCO[Si](OCC)(OCC)c1ccccc1C(=O)NN. The van der Waals surface area contributed by atoms with Crippen molar-refractivity contribution >= 4 is 19.9 Å². The Morgan fingerprint density at radius 2 is 1.60 bits per heavy atom. The molecule has 0 saturated heterocycles. The Morgan fingerprint density at radius 1 is 1.10 bits per heavy atom. The zero-order valence-electron chi connectivity index (χ0n) is 12.1. The van der Waals surface area contributed by atoms with Gasteiger partial charge in [-0.3, -0.25) is 10.2 Å². The van der Waals surface area contributed by atoms with Gasteiger partial charge in [0.1, 0.15) is 0 Å². The van der Waals surface area contributed by atoms with Crippen LogP contribution in [-0.2, 0) is 13.3 Å². The minimum Gasteiger partial charge on any atom is -0.370 e. The van der Waals surface area contributed by atoms with Gasteiger partial charge in [0.2, 0.25) is 0 Å². The lowest BCUT2D eigenvalue weighted by Gasteiger charge is -2.29. The van der Waals surface area contributed by atoms with Crippen LogP contribution in [0.15, 0.2) is 24.3 Å². The van der Waals surface area contributed by atoms with Crippen LogP contribution < -0.4 is 16.5 Å². The molecule has 1 rings (SSSR count). The molecule has 1 aromatic carbocycles.